The van der Waals surface area contributed by atoms with Crippen molar-refractivity contribution < 1.29 is 4.74 Å². The molecule has 0 saturated heterocycles. The molecule has 1 aliphatic rings. The van der Waals surface area contributed by atoms with Crippen LogP contribution in [0.3, 0.4) is 0 Å². The number of fused-ring (bicyclic) bond motifs is 1. The van der Waals surface area contributed by atoms with Gasteiger partial charge in [-0.1, -0.05) is 18.6 Å². The molecule has 166 valence electrons. The zero-order valence-electron chi connectivity index (χ0n) is 18.6. The molecule has 7 nitrogen and oxygen atoms in total. The number of ether oxygens (including phenoxy) is 1. The first-order valence-electron chi connectivity index (χ1n) is 10.8. The van der Waals surface area contributed by atoms with E-state index in [1.165, 1.54) is 24.8 Å². The van der Waals surface area contributed by atoms with Crippen LogP contribution in [-0.2, 0) is 26.1 Å². The molecule has 0 aliphatic carbocycles. The summed E-state index contributed by atoms with van der Waals surface area (Å²) in [6.07, 6.45) is 4.81. The molecular weight excluding hydrogens is 491 g/mol. The van der Waals surface area contributed by atoms with Crippen molar-refractivity contribution in [1.29, 1.82) is 0 Å². The van der Waals surface area contributed by atoms with Crippen molar-refractivity contribution in [3.63, 3.8) is 0 Å². The minimum Gasteiger partial charge on any atom is -0.491 e. The van der Waals surface area contributed by atoms with Crippen molar-refractivity contribution in [3.05, 3.63) is 41.0 Å². The lowest BCUT2D eigenvalue weighted by Crippen LogP contribution is -2.37. The Morgan fingerprint density at radius 2 is 2.03 bits per heavy atom. The van der Waals surface area contributed by atoms with Crippen LogP contribution in [0.25, 0.3) is 0 Å². The van der Waals surface area contributed by atoms with Crippen molar-refractivity contribution in [1.82, 2.24) is 25.4 Å². The molecule has 30 heavy (non-hydrogen) atoms. The molecule has 0 atom stereocenters. The average Bonchev–Trinajstić information content (AvgIpc) is 2.91. The third-order valence-corrected chi connectivity index (χ3v) is 4.94. The van der Waals surface area contributed by atoms with Gasteiger partial charge in [0.1, 0.15) is 11.6 Å². The first-order valence-corrected chi connectivity index (χ1v) is 10.8. The topological polar surface area (TPSA) is 76.4 Å². The molecule has 0 bridgehead atoms. The highest BCUT2D eigenvalue weighted by Gasteiger charge is 2.15. The number of hydrogen-bond donors (Lipinski definition) is 2. The first-order chi connectivity index (χ1) is 14.1. The maximum atomic E-state index is 5.98. The van der Waals surface area contributed by atoms with E-state index in [1.54, 1.807) is 0 Å². The van der Waals surface area contributed by atoms with E-state index in [2.05, 4.69) is 57.4 Å². The van der Waals surface area contributed by atoms with Gasteiger partial charge in [0.25, 0.3) is 0 Å². The summed E-state index contributed by atoms with van der Waals surface area (Å²) in [7, 11) is 0. The van der Waals surface area contributed by atoms with Crippen LogP contribution in [0.2, 0.25) is 0 Å². The van der Waals surface area contributed by atoms with Crippen LogP contribution in [0.15, 0.2) is 23.2 Å². The van der Waals surface area contributed by atoms with Gasteiger partial charge in [0, 0.05) is 25.1 Å². The molecule has 1 aliphatic heterocycles. The minimum atomic E-state index is 0. The second kappa shape index (κ2) is 12.1. The fourth-order valence-electron chi connectivity index (χ4n) is 3.50. The number of halogens is 1. The molecule has 0 fully saturated rings. The lowest BCUT2D eigenvalue weighted by atomic mass is 10.1. The predicted octanol–water partition coefficient (Wildman–Crippen LogP) is 3.97. The maximum Gasteiger partial charge on any atom is 0.191 e. The van der Waals surface area contributed by atoms with E-state index in [1.807, 2.05) is 13.8 Å². The molecule has 3 rings (SSSR count). The molecule has 2 N–H and O–H groups in total. The molecule has 8 heteroatoms. The zero-order chi connectivity index (χ0) is 20.6. The normalized spacial score (nSPS) is 14.0. The highest BCUT2D eigenvalue weighted by atomic mass is 127. The molecule has 2 heterocycles. The summed E-state index contributed by atoms with van der Waals surface area (Å²) in [6, 6.07) is 6.28. The van der Waals surface area contributed by atoms with E-state index in [0.29, 0.717) is 13.1 Å². The molecule has 0 radical (unpaired) electrons. The number of aliphatic imine (C=N–C) groups is 1. The largest absolute Gasteiger partial charge is 0.491 e. The van der Waals surface area contributed by atoms with Gasteiger partial charge < -0.3 is 19.9 Å². The summed E-state index contributed by atoms with van der Waals surface area (Å²) in [4.78, 5) is 4.77. The smallest absolute Gasteiger partial charge is 0.191 e. The fraction of sp³-hybridized carbons (Fsp3) is 0.591. The summed E-state index contributed by atoms with van der Waals surface area (Å²) in [5.74, 6) is 3.76. The van der Waals surface area contributed by atoms with Crippen LogP contribution < -0.4 is 15.4 Å². The number of aromatic nitrogens is 3. The SMILES string of the molecule is CCNC(=NCc1ccc(C)cc1OC(C)C)NCc1nnc2n1CCCCC2.I. The summed E-state index contributed by atoms with van der Waals surface area (Å²) in [5, 5.41) is 15.5. The molecular formula is C22H35IN6O. The lowest BCUT2D eigenvalue weighted by molar-refractivity contribution is 0.240. The molecule has 0 amide bonds. The molecule has 1 aromatic carbocycles. The Labute approximate surface area is 197 Å². The van der Waals surface area contributed by atoms with Crippen molar-refractivity contribution in [2.75, 3.05) is 6.54 Å². The van der Waals surface area contributed by atoms with E-state index in [-0.39, 0.29) is 30.1 Å². The van der Waals surface area contributed by atoms with Gasteiger partial charge in [-0.15, -0.1) is 34.2 Å². The molecule has 0 unspecified atom stereocenters. The Morgan fingerprint density at radius 1 is 1.20 bits per heavy atom. The van der Waals surface area contributed by atoms with Crippen LogP contribution in [0, 0.1) is 6.92 Å². The number of hydrogen-bond acceptors (Lipinski definition) is 4. The van der Waals surface area contributed by atoms with Gasteiger partial charge in [-0.3, -0.25) is 0 Å². The minimum absolute atomic E-state index is 0. The average molecular weight is 526 g/mol. The number of nitrogens with zero attached hydrogens (tertiary/aromatic N) is 4. The van der Waals surface area contributed by atoms with Crippen LogP contribution in [0.4, 0.5) is 0 Å². The van der Waals surface area contributed by atoms with Crippen molar-refractivity contribution >= 4 is 29.9 Å². The Balaban J connectivity index is 0.00000320. The fourth-order valence-corrected chi connectivity index (χ4v) is 3.50. The number of aryl methyl sites for hydroxylation is 2. The number of rotatable bonds is 7. The van der Waals surface area contributed by atoms with Gasteiger partial charge in [0.05, 0.1) is 19.2 Å². The summed E-state index contributed by atoms with van der Waals surface area (Å²) < 4.78 is 8.24. The first kappa shape index (κ1) is 24.4. The van der Waals surface area contributed by atoms with Crippen LogP contribution in [0.1, 0.15) is 62.8 Å². The van der Waals surface area contributed by atoms with Gasteiger partial charge in [-0.2, -0.15) is 0 Å². The third-order valence-electron chi connectivity index (χ3n) is 4.94. The molecule has 0 saturated carbocycles. The standard InChI is InChI=1S/C22H34N6O.HI/c1-5-23-22(24-14-18-11-10-17(4)13-19(18)29-16(2)3)25-15-21-27-26-20-9-7-6-8-12-28(20)21;/h10-11,13,16H,5-9,12,14-15H2,1-4H3,(H2,23,24,25);1H. The van der Waals surface area contributed by atoms with E-state index < -0.39 is 0 Å². The number of guanidine groups is 1. The quantitative estimate of drug-likeness (QED) is 0.325. The third kappa shape index (κ3) is 6.85. The second-order valence-electron chi connectivity index (χ2n) is 7.82. The van der Waals surface area contributed by atoms with Crippen LogP contribution >= 0.6 is 24.0 Å². The van der Waals surface area contributed by atoms with Crippen LogP contribution in [-0.4, -0.2) is 33.4 Å². The van der Waals surface area contributed by atoms with Gasteiger partial charge in [-0.25, -0.2) is 4.99 Å². The second-order valence-corrected chi connectivity index (χ2v) is 7.82. The van der Waals surface area contributed by atoms with E-state index >= 15 is 0 Å². The van der Waals surface area contributed by atoms with Crippen molar-refractivity contribution in [2.45, 2.75) is 79.1 Å². The Hall–Kier alpha value is -1.84. The molecule has 0 spiro atoms. The van der Waals surface area contributed by atoms with Gasteiger partial charge in [-0.05, 0) is 52.2 Å². The van der Waals surface area contributed by atoms with E-state index in [0.717, 1.165) is 48.4 Å². The molecule has 1 aromatic heterocycles. The Morgan fingerprint density at radius 3 is 2.80 bits per heavy atom. The highest BCUT2D eigenvalue weighted by molar-refractivity contribution is 14.0. The summed E-state index contributed by atoms with van der Waals surface area (Å²) in [5.41, 5.74) is 2.27. The molecule has 2 aromatic rings. The van der Waals surface area contributed by atoms with Gasteiger partial charge in [0.15, 0.2) is 11.8 Å². The number of benzene rings is 1. The van der Waals surface area contributed by atoms with Crippen molar-refractivity contribution in [3.8, 4) is 5.75 Å². The zero-order valence-corrected chi connectivity index (χ0v) is 20.9. The highest BCUT2D eigenvalue weighted by Crippen LogP contribution is 2.22. The van der Waals surface area contributed by atoms with Crippen LogP contribution in [0.5, 0.6) is 5.75 Å². The summed E-state index contributed by atoms with van der Waals surface area (Å²) >= 11 is 0. The van der Waals surface area contributed by atoms with Crippen molar-refractivity contribution in [2.24, 2.45) is 4.99 Å². The van der Waals surface area contributed by atoms with E-state index in [9.17, 15) is 0 Å². The Bertz CT molecular complexity index is 833. The monoisotopic (exact) mass is 526 g/mol. The number of nitrogens with one attached hydrogen (secondary N) is 2. The summed E-state index contributed by atoms with van der Waals surface area (Å²) in [6.45, 7) is 11.2. The maximum absolute atomic E-state index is 5.98. The Kier molecular flexibility index (Phi) is 9.87. The lowest BCUT2D eigenvalue weighted by Gasteiger charge is -2.15. The van der Waals surface area contributed by atoms with E-state index in [4.69, 9.17) is 9.73 Å². The van der Waals surface area contributed by atoms with Gasteiger partial charge >= 0.3 is 0 Å². The van der Waals surface area contributed by atoms with Gasteiger partial charge in [0.2, 0.25) is 0 Å². The predicted molar refractivity (Wildman–Crippen MR) is 132 cm³/mol.